The first-order valence-electron chi connectivity index (χ1n) is 9.47. The van der Waals surface area contributed by atoms with Crippen LogP contribution < -0.4 is 15.0 Å². The van der Waals surface area contributed by atoms with Crippen LogP contribution in [-0.4, -0.2) is 34.4 Å². The van der Waals surface area contributed by atoms with Gasteiger partial charge in [-0.3, -0.25) is 25.0 Å². The second kappa shape index (κ2) is 8.71. The minimum atomic E-state index is -0.850. The molecule has 1 fully saturated rings. The van der Waals surface area contributed by atoms with Crippen LogP contribution in [0.15, 0.2) is 70.8 Å². The van der Waals surface area contributed by atoms with Crippen LogP contribution in [0.5, 0.6) is 5.75 Å². The summed E-state index contributed by atoms with van der Waals surface area (Å²) in [6.07, 6.45) is 3.00. The molecular weight excluding hydrogens is 496 g/mol. The minimum absolute atomic E-state index is 0.145. The number of benzene rings is 2. The van der Waals surface area contributed by atoms with E-state index in [1.165, 1.54) is 31.4 Å². The van der Waals surface area contributed by atoms with Crippen LogP contribution in [0.3, 0.4) is 0 Å². The topological polar surface area (TPSA) is 124 Å². The van der Waals surface area contributed by atoms with Gasteiger partial charge in [0.25, 0.3) is 17.5 Å². The van der Waals surface area contributed by atoms with E-state index in [2.05, 4.69) is 21.2 Å². The largest absolute Gasteiger partial charge is 0.494 e. The highest BCUT2D eigenvalue weighted by Gasteiger charge is 2.37. The van der Waals surface area contributed by atoms with Gasteiger partial charge in [-0.05, 0) is 48.5 Å². The number of carbonyl (C=O) groups is 3. The number of barbiturate groups is 1. The fourth-order valence-electron chi connectivity index (χ4n) is 3.34. The number of nitro benzene ring substituents is 1. The number of rotatable bonds is 5. The molecule has 1 saturated heterocycles. The Morgan fingerprint density at radius 1 is 1.09 bits per heavy atom. The molecule has 0 spiro atoms. The van der Waals surface area contributed by atoms with Crippen LogP contribution >= 0.6 is 15.9 Å². The summed E-state index contributed by atoms with van der Waals surface area (Å²) in [5.41, 5.74) is 0.785. The molecule has 10 nitrogen and oxygen atoms in total. The van der Waals surface area contributed by atoms with Crippen molar-refractivity contribution in [3.05, 3.63) is 86.6 Å². The summed E-state index contributed by atoms with van der Waals surface area (Å²) < 4.78 is 7.67. The molecule has 0 atom stereocenters. The molecule has 1 aromatic heterocycles. The Morgan fingerprint density at radius 2 is 1.82 bits per heavy atom. The molecular formula is C22H15BrN4O6. The quantitative estimate of drug-likeness (QED) is 0.241. The summed E-state index contributed by atoms with van der Waals surface area (Å²) in [6, 6.07) is 13.0. The molecule has 0 unspecified atom stereocenters. The highest BCUT2D eigenvalue weighted by Crippen LogP contribution is 2.30. The number of imide groups is 2. The number of aromatic nitrogens is 1. The lowest BCUT2D eigenvalue weighted by atomic mass is 10.1. The van der Waals surface area contributed by atoms with E-state index in [0.29, 0.717) is 17.1 Å². The van der Waals surface area contributed by atoms with Crippen molar-refractivity contribution in [1.29, 1.82) is 0 Å². The Labute approximate surface area is 195 Å². The molecule has 1 N–H and O–H groups in total. The fraction of sp³-hybridized carbons (Fsp3) is 0.0455. The molecule has 2 heterocycles. The molecule has 11 heteroatoms. The molecule has 0 bridgehead atoms. The van der Waals surface area contributed by atoms with Crippen LogP contribution in [0.2, 0.25) is 0 Å². The first-order valence-corrected chi connectivity index (χ1v) is 10.3. The lowest BCUT2D eigenvalue weighted by Crippen LogP contribution is -2.54. The molecule has 2 aromatic carbocycles. The van der Waals surface area contributed by atoms with Crippen LogP contribution in [0, 0.1) is 10.1 Å². The summed E-state index contributed by atoms with van der Waals surface area (Å²) in [5.74, 6) is -1.39. The van der Waals surface area contributed by atoms with E-state index in [1.807, 2.05) is 0 Å². The Kier molecular flexibility index (Phi) is 5.80. The average Bonchev–Trinajstić information content (AvgIpc) is 3.25. The van der Waals surface area contributed by atoms with E-state index < -0.39 is 22.8 Å². The number of halogens is 1. The predicted octanol–water partition coefficient (Wildman–Crippen LogP) is 3.82. The average molecular weight is 511 g/mol. The number of hydrogen-bond acceptors (Lipinski definition) is 6. The van der Waals surface area contributed by atoms with Gasteiger partial charge in [-0.25, -0.2) is 9.69 Å². The number of hydrogen-bond donors (Lipinski definition) is 1. The molecule has 1 aliphatic rings. The van der Waals surface area contributed by atoms with Crippen LogP contribution in [0.25, 0.3) is 11.8 Å². The van der Waals surface area contributed by atoms with Crippen LogP contribution in [0.1, 0.15) is 5.69 Å². The van der Waals surface area contributed by atoms with Gasteiger partial charge in [0.2, 0.25) is 0 Å². The van der Waals surface area contributed by atoms with E-state index in [0.717, 1.165) is 9.37 Å². The normalized spacial score (nSPS) is 15.0. The van der Waals surface area contributed by atoms with Gasteiger partial charge in [0.1, 0.15) is 11.3 Å². The van der Waals surface area contributed by atoms with Crippen molar-refractivity contribution >= 4 is 51.2 Å². The third-order valence-corrected chi connectivity index (χ3v) is 5.42. The van der Waals surface area contributed by atoms with E-state index in [9.17, 15) is 24.5 Å². The summed E-state index contributed by atoms with van der Waals surface area (Å²) in [7, 11) is 1.38. The molecule has 166 valence electrons. The van der Waals surface area contributed by atoms with Gasteiger partial charge in [0, 0.05) is 22.4 Å². The van der Waals surface area contributed by atoms with Gasteiger partial charge in [0.05, 0.1) is 29.5 Å². The molecule has 0 radical (unpaired) electrons. The standard InChI is InChI=1S/C22H15BrN4O6/c1-33-19-12-16(27(31)32)8-9-18(19)25-10-2-3-15(25)11-17-20(28)24-22(30)26(21(17)29)14-6-4-13(23)5-7-14/h2-12H,1H3,(H,24,28,30)/b17-11-. The van der Waals surface area contributed by atoms with Gasteiger partial charge < -0.3 is 9.30 Å². The zero-order valence-electron chi connectivity index (χ0n) is 17.0. The van der Waals surface area contributed by atoms with Crippen molar-refractivity contribution in [3.8, 4) is 11.4 Å². The zero-order chi connectivity index (χ0) is 23.7. The number of carbonyl (C=O) groups excluding carboxylic acids is 3. The number of non-ortho nitro benzene ring substituents is 1. The Hall–Kier alpha value is -4.25. The Balaban J connectivity index is 1.76. The number of ether oxygens (including phenoxy) is 1. The van der Waals surface area contributed by atoms with E-state index >= 15 is 0 Å². The van der Waals surface area contributed by atoms with Gasteiger partial charge in [-0.2, -0.15) is 0 Å². The van der Waals surface area contributed by atoms with Crippen molar-refractivity contribution in [2.75, 3.05) is 12.0 Å². The predicted molar refractivity (Wildman–Crippen MR) is 122 cm³/mol. The third-order valence-electron chi connectivity index (χ3n) is 4.89. The molecule has 3 aromatic rings. The maximum Gasteiger partial charge on any atom is 0.335 e. The summed E-state index contributed by atoms with van der Waals surface area (Å²) in [5, 5.41) is 13.3. The van der Waals surface area contributed by atoms with Gasteiger partial charge in [-0.1, -0.05) is 15.9 Å². The van der Waals surface area contributed by atoms with Crippen molar-refractivity contribution in [3.63, 3.8) is 0 Å². The van der Waals surface area contributed by atoms with E-state index in [-0.39, 0.29) is 17.0 Å². The number of nitro groups is 1. The summed E-state index contributed by atoms with van der Waals surface area (Å²) in [4.78, 5) is 49.4. The lowest BCUT2D eigenvalue weighted by molar-refractivity contribution is -0.384. The van der Waals surface area contributed by atoms with Crippen molar-refractivity contribution in [2.45, 2.75) is 0 Å². The number of urea groups is 1. The number of amides is 4. The first kappa shape index (κ1) is 22.0. The SMILES string of the molecule is COc1cc([N+](=O)[O-])ccc1-n1cccc1/C=C1/C(=O)NC(=O)N(c2ccc(Br)cc2)C1=O. The molecule has 0 saturated carbocycles. The maximum atomic E-state index is 13.1. The lowest BCUT2D eigenvalue weighted by Gasteiger charge is -2.26. The molecule has 0 aliphatic carbocycles. The van der Waals surface area contributed by atoms with Crippen LogP contribution in [-0.2, 0) is 9.59 Å². The summed E-state index contributed by atoms with van der Waals surface area (Å²) in [6.45, 7) is 0. The second-order valence-corrected chi connectivity index (χ2v) is 7.77. The fourth-order valence-corrected chi connectivity index (χ4v) is 3.60. The highest BCUT2D eigenvalue weighted by molar-refractivity contribution is 9.10. The van der Waals surface area contributed by atoms with Gasteiger partial charge in [-0.15, -0.1) is 0 Å². The summed E-state index contributed by atoms with van der Waals surface area (Å²) >= 11 is 3.30. The first-order chi connectivity index (χ1) is 15.8. The zero-order valence-corrected chi connectivity index (χ0v) is 18.6. The van der Waals surface area contributed by atoms with Crippen molar-refractivity contribution in [2.24, 2.45) is 0 Å². The van der Waals surface area contributed by atoms with Crippen LogP contribution in [0.4, 0.5) is 16.2 Å². The molecule has 4 amide bonds. The van der Waals surface area contributed by atoms with Crippen molar-refractivity contribution < 1.29 is 24.0 Å². The number of anilines is 1. The Morgan fingerprint density at radius 3 is 2.48 bits per heavy atom. The van der Waals surface area contributed by atoms with E-state index in [4.69, 9.17) is 4.74 Å². The van der Waals surface area contributed by atoms with Crippen molar-refractivity contribution in [1.82, 2.24) is 9.88 Å². The molecule has 1 aliphatic heterocycles. The highest BCUT2D eigenvalue weighted by atomic mass is 79.9. The monoisotopic (exact) mass is 510 g/mol. The smallest absolute Gasteiger partial charge is 0.335 e. The van der Waals surface area contributed by atoms with Gasteiger partial charge in [0.15, 0.2) is 0 Å². The van der Waals surface area contributed by atoms with Gasteiger partial charge >= 0.3 is 6.03 Å². The second-order valence-electron chi connectivity index (χ2n) is 6.85. The maximum absolute atomic E-state index is 13.1. The molecule has 33 heavy (non-hydrogen) atoms. The Bertz CT molecular complexity index is 1330. The number of nitrogens with one attached hydrogen (secondary N) is 1. The number of nitrogens with zero attached hydrogens (tertiary/aromatic N) is 3. The molecule has 4 rings (SSSR count). The van der Waals surface area contributed by atoms with E-state index in [1.54, 1.807) is 47.2 Å². The minimum Gasteiger partial charge on any atom is -0.494 e. The number of methoxy groups -OCH3 is 1. The third kappa shape index (κ3) is 4.13.